The maximum atomic E-state index is 13.5. The zero-order valence-corrected chi connectivity index (χ0v) is 17.4. The summed E-state index contributed by atoms with van der Waals surface area (Å²) in [5, 5.41) is 4.82. The third-order valence-electron chi connectivity index (χ3n) is 5.94. The van der Waals surface area contributed by atoms with Gasteiger partial charge in [-0.05, 0) is 25.8 Å². The quantitative estimate of drug-likeness (QED) is 0.647. The maximum Gasteiger partial charge on any atom is 0.259 e. The van der Waals surface area contributed by atoms with Gasteiger partial charge in [-0.1, -0.05) is 35.5 Å². The van der Waals surface area contributed by atoms with Gasteiger partial charge in [-0.2, -0.15) is 0 Å². The van der Waals surface area contributed by atoms with Crippen LogP contribution in [0.5, 0.6) is 0 Å². The number of piperazine rings is 1. The first-order chi connectivity index (χ1) is 15.1. The van der Waals surface area contributed by atoms with Crippen LogP contribution < -0.4 is 0 Å². The number of hydrogen-bond donors (Lipinski definition) is 0. The Morgan fingerprint density at radius 3 is 2.52 bits per heavy atom. The van der Waals surface area contributed by atoms with Gasteiger partial charge in [0.1, 0.15) is 11.8 Å². The fourth-order valence-corrected chi connectivity index (χ4v) is 4.31. The van der Waals surface area contributed by atoms with Gasteiger partial charge in [-0.3, -0.25) is 9.59 Å². The van der Waals surface area contributed by atoms with E-state index in [4.69, 9.17) is 9.26 Å². The summed E-state index contributed by atoms with van der Waals surface area (Å²) in [5.41, 5.74) is 3.06. The molecule has 3 aromatic rings. The standard InChI is InChI=1S/C23H24N4O4/c1-15-14-17(19-20(25-31-21(19)24-15)16-6-3-2-4-7-16)22(28)26-9-11-27(12-10-26)23(29)18-8-5-13-30-18/h2-4,6-7,14,18H,5,8-13H2,1H3/t18-/m1/s1. The lowest BCUT2D eigenvalue weighted by Gasteiger charge is -2.35. The summed E-state index contributed by atoms with van der Waals surface area (Å²) in [4.78, 5) is 34.1. The van der Waals surface area contributed by atoms with Crippen LogP contribution in [0.15, 0.2) is 40.9 Å². The second-order valence-electron chi connectivity index (χ2n) is 8.01. The second-order valence-corrected chi connectivity index (χ2v) is 8.01. The second kappa shape index (κ2) is 8.11. The molecule has 8 nitrogen and oxygen atoms in total. The molecule has 31 heavy (non-hydrogen) atoms. The monoisotopic (exact) mass is 420 g/mol. The predicted molar refractivity (Wildman–Crippen MR) is 113 cm³/mol. The molecule has 0 unspecified atom stereocenters. The number of rotatable bonds is 3. The van der Waals surface area contributed by atoms with E-state index in [-0.39, 0.29) is 17.9 Å². The van der Waals surface area contributed by atoms with E-state index in [2.05, 4.69) is 10.1 Å². The Balaban J connectivity index is 1.40. The van der Waals surface area contributed by atoms with Crippen LogP contribution in [0.4, 0.5) is 0 Å². The molecule has 1 atom stereocenters. The van der Waals surface area contributed by atoms with Gasteiger partial charge in [0.25, 0.3) is 17.5 Å². The van der Waals surface area contributed by atoms with E-state index < -0.39 is 0 Å². The highest BCUT2D eigenvalue weighted by atomic mass is 16.5. The number of carbonyl (C=O) groups is 2. The molecule has 2 saturated heterocycles. The first-order valence-electron chi connectivity index (χ1n) is 10.6. The Hall–Kier alpha value is -3.26. The molecule has 1 aromatic carbocycles. The smallest absolute Gasteiger partial charge is 0.259 e. The zero-order chi connectivity index (χ0) is 21.4. The van der Waals surface area contributed by atoms with E-state index in [9.17, 15) is 9.59 Å². The third kappa shape index (κ3) is 3.67. The molecule has 5 rings (SSSR count). The normalized spacial score (nSPS) is 19.2. The number of benzene rings is 1. The number of aryl methyl sites for hydroxylation is 1. The van der Waals surface area contributed by atoms with Crippen LogP contribution in [-0.4, -0.2) is 70.6 Å². The molecule has 0 bridgehead atoms. The molecule has 0 spiro atoms. The Bertz CT molecular complexity index is 1110. The van der Waals surface area contributed by atoms with Gasteiger partial charge in [-0.25, -0.2) is 4.98 Å². The molecule has 2 aromatic heterocycles. The lowest BCUT2D eigenvalue weighted by atomic mass is 10.0. The predicted octanol–water partition coefficient (Wildman–Crippen LogP) is 2.66. The lowest BCUT2D eigenvalue weighted by molar-refractivity contribution is -0.142. The van der Waals surface area contributed by atoms with E-state index in [1.54, 1.807) is 11.0 Å². The van der Waals surface area contributed by atoms with Crippen LogP contribution in [0.3, 0.4) is 0 Å². The number of aromatic nitrogens is 2. The first-order valence-corrected chi connectivity index (χ1v) is 10.6. The van der Waals surface area contributed by atoms with Gasteiger partial charge in [0.2, 0.25) is 0 Å². The molecule has 0 N–H and O–H groups in total. The molecule has 0 saturated carbocycles. The summed E-state index contributed by atoms with van der Waals surface area (Å²) >= 11 is 0. The van der Waals surface area contributed by atoms with Gasteiger partial charge in [0.05, 0.1) is 10.9 Å². The van der Waals surface area contributed by atoms with Crippen molar-refractivity contribution in [3.63, 3.8) is 0 Å². The highest BCUT2D eigenvalue weighted by molar-refractivity contribution is 6.09. The number of hydrogen-bond acceptors (Lipinski definition) is 6. The first kappa shape index (κ1) is 19.7. The Morgan fingerprint density at radius 2 is 1.81 bits per heavy atom. The average Bonchev–Trinajstić information content (AvgIpc) is 3.48. The van der Waals surface area contributed by atoms with Gasteiger partial charge >= 0.3 is 0 Å². The zero-order valence-electron chi connectivity index (χ0n) is 17.4. The van der Waals surface area contributed by atoms with E-state index in [0.29, 0.717) is 60.8 Å². The molecule has 2 fully saturated rings. The minimum absolute atomic E-state index is 0.0390. The van der Waals surface area contributed by atoms with Crippen LogP contribution in [0.2, 0.25) is 0 Å². The minimum atomic E-state index is -0.324. The molecule has 0 aliphatic carbocycles. The summed E-state index contributed by atoms with van der Waals surface area (Å²) < 4.78 is 11.0. The SMILES string of the molecule is Cc1cc(C(=O)N2CCN(C(=O)[C@H]3CCCO3)CC2)c2c(-c3ccccc3)noc2n1. The number of carbonyl (C=O) groups excluding carboxylic acids is 2. The largest absolute Gasteiger partial charge is 0.368 e. The third-order valence-corrected chi connectivity index (χ3v) is 5.94. The topological polar surface area (TPSA) is 88.8 Å². The molecular weight excluding hydrogens is 396 g/mol. The van der Waals surface area contributed by atoms with Crippen molar-refractivity contribution < 1.29 is 18.8 Å². The van der Waals surface area contributed by atoms with E-state index >= 15 is 0 Å². The van der Waals surface area contributed by atoms with Crippen LogP contribution in [0.25, 0.3) is 22.4 Å². The lowest BCUT2D eigenvalue weighted by Crippen LogP contribution is -2.52. The molecular formula is C23H24N4O4. The number of nitrogens with zero attached hydrogens (tertiary/aromatic N) is 4. The van der Waals surface area contributed by atoms with Gasteiger partial charge < -0.3 is 19.1 Å². The Morgan fingerprint density at radius 1 is 1.06 bits per heavy atom. The van der Waals surface area contributed by atoms with Crippen LogP contribution in [0.1, 0.15) is 28.9 Å². The van der Waals surface area contributed by atoms with Crippen molar-refractivity contribution in [2.75, 3.05) is 32.8 Å². The number of ether oxygens (including phenoxy) is 1. The molecule has 160 valence electrons. The van der Waals surface area contributed by atoms with Crippen LogP contribution in [-0.2, 0) is 9.53 Å². The van der Waals surface area contributed by atoms with Crippen molar-refractivity contribution in [3.05, 3.63) is 47.7 Å². The van der Waals surface area contributed by atoms with Crippen LogP contribution in [0, 0.1) is 6.92 Å². The summed E-state index contributed by atoms with van der Waals surface area (Å²) in [6.45, 7) is 4.45. The van der Waals surface area contributed by atoms with Crippen LogP contribution >= 0.6 is 0 Å². The fraction of sp³-hybridized carbons (Fsp3) is 0.391. The molecule has 4 heterocycles. The average molecular weight is 420 g/mol. The summed E-state index contributed by atoms with van der Waals surface area (Å²) in [7, 11) is 0. The molecule has 2 amide bonds. The van der Waals surface area contributed by atoms with Gasteiger partial charge in [0, 0.05) is 44.0 Å². The van der Waals surface area contributed by atoms with Gasteiger partial charge in [-0.15, -0.1) is 0 Å². The fourth-order valence-electron chi connectivity index (χ4n) is 4.31. The van der Waals surface area contributed by atoms with Crippen molar-refractivity contribution in [3.8, 4) is 11.3 Å². The summed E-state index contributed by atoms with van der Waals surface area (Å²) in [6.07, 6.45) is 1.38. The summed E-state index contributed by atoms with van der Waals surface area (Å²) in [5.74, 6) is -0.0581. The van der Waals surface area contributed by atoms with Gasteiger partial charge in [0.15, 0.2) is 0 Å². The van der Waals surface area contributed by atoms with Crippen molar-refractivity contribution >= 4 is 22.9 Å². The van der Waals surface area contributed by atoms with E-state index in [0.717, 1.165) is 18.4 Å². The number of fused-ring (bicyclic) bond motifs is 1. The molecule has 2 aliphatic heterocycles. The molecule has 8 heteroatoms. The minimum Gasteiger partial charge on any atom is -0.368 e. The van der Waals surface area contributed by atoms with Crippen molar-refractivity contribution in [2.45, 2.75) is 25.9 Å². The summed E-state index contributed by atoms with van der Waals surface area (Å²) in [6, 6.07) is 11.4. The highest BCUT2D eigenvalue weighted by Gasteiger charge is 2.32. The van der Waals surface area contributed by atoms with Crippen molar-refractivity contribution in [1.29, 1.82) is 0 Å². The number of amides is 2. The van der Waals surface area contributed by atoms with E-state index in [1.807, 2.05) is 42.2 Å². The molecule has 0 radical (unpaired) electrons. The van der Waals surface area contributed by atoms with Crippen molar-refractivity contribution in [2.24, 2.45) is 0 Å². The maximum absolute atomic E-state index is 13.5. The van der Waals surface area contributed by atoms with E-state index in [1.165, 1.54) is 0 Å². The highest BCUT2D eigenvalue weighted by Crippen LogP contribution is 2.31. The van der Waals surface area contributed by atoms with Crippen molar-refractivity contribution in [1.82, 2.24) is 19.9 Å². The number of pyridine rings is 1. The molecule has 2 aliphatic rings. The Labute approximate surface area is 179 Å². The Kier molecular flexibility index (Phi) is 5.15.